The van der Waals surface area contributed by atoms with E-state index in [1.54, 1.807) is 77.8 Å². The summed E-state index contributed by atoms with van der Waals surface area (Å²) >= 11 is 1.16. The van der Waals surface area contributed by atoms with E-state index in [1.807, 2.05) is 32.0 Å². The summed E-state index contributed by atoms with van der Waals surface area (Å²) < 4.78 is 52.1. The van der Waals surface area contributed by atoms with Crippen LogP contribution in [0, 0.1) is 23.7 Å². The zero-order chi connectivity index (χ0) is 67.7. The SMILES string of the molecule is CC[C@H](C)[C@@H]([C@@H](CC(=O)N1CCC[C@H]1[C@H](OC)[C@@H](C)C(=O)N[C@H](C)[C@@H](O)c1ccccc1)OC)N(C)C(=O)[C@@H](NC(=O)[C@H](C(C)C)N(C)C(=O)OCc1ccc(O[C@@H]2O[C@H](C(=O)OC)[C@@H](OC(C)=O)[C@H](OC(C)=O)[C@H]2OC(C)=O)c2cc(CN=[N+]=[N-])sc12)C(C)C. The molecule has 2 fully saturated rings. The Hall–Kier alpha value is -7.62. The molecule has 3 aromatic rings. The Morgan fingerprint density at radius 1 is 0.824 bits per heavy atom. The number of fused-ring (bicyclic) bond motifs is 1. The maximum absolute atomic E-state index is 14.9. The monoisotopic (exact) mass is 1290 g/mol. The molecule has 15 atom stereocenters. The quantitative estimate of drug-likeness (QED) is 0.0206. The van der Waals surface area contributed by atoms with E-state index in [0.29, 0.717) is 51.9 Å². The third kappa shape index (κ3) is 18.8. The van der Waals surface area contributed by atoms with Gasteiger partial charge in [0, 0.05) is 81.1 Å². The van der Waals surface area contributed by atoms with Crippen molar-refractivity contribution in [1.29, 1.82) is 0 Å². The predicted octanol–water partition coefficient (Wildman–Crippen LogP) is 6.68. The number of rotatable bonds is 30. The van der Waals surface area contributed by atoms with Crippen LogP contribution in [-0.4, -0.2) is 188 Å². The highest BCUT2D eigenvalue weighted by Crippen LogP contribution is 2.40. The van der Waals surface area contributed by atoms with Gasteiger partial charge in [0.2, 0.25) is 36.0 Å². The second-order valence-electron chi connectivity index (χ2n) is 23.7. The van der Waals surface area contributed by atoms with Crippen molar-refractivity contribution in [3.63, 3.8) is 0 Å². The molecule has 0 spiro atoms. The van der Waals surface area contributed by atoms with Crippen molar-refractivity contribution >= 4 is 75.0 Å². The molecule has 3 N–H and O–H groups in total. The van der Waals surface area contributed by atoms with Gasteiger partial charge in [-0.05, 0) is 60.7 Å². The van der Waals surface area contributed by atoms with Crippen LogP contribution in [-0.2, 0) is 89.4 Å². The van der Waals surface area contributed by atoms with Gasteiger partial charge in [-0.25, -0.2) is 9.59 Å². The molecule has 2 aliphatic rings. The minimum absolute atomic E-state index is 0.0520. The van der Waals surface area contributed by atoms with Gasteiger partial charge < -0.3 is 68.2 Å². The molecule has 3 heterocycles. The third-order valence-electron chi connectivity index (χ3n) is 16.6. The average molecular weight is 1300 g/mol. The first-order valence-electron chi connectivity index (χ1n) is 30.4. The van der Waals surface area contributed by atoms with Crippen molar-refractivity contribution < 1.29 is 90.9 Å². The van der Waals surface area contributed by atoms with Gasteiger partial charge in [0.1, 0.15) is 24.4 Å². The van der Waals surface area contributed by atoms with Crippen LogP contribution >= 0.6 is 11.3 Å². The van der Waals surface area contributed by atoms with Crippen LogP contribution in [0.4, 0.5) is 4.79 Å². The maximum atomic E-state index is 14.9. The zero-order valence-corrected chi connectivity index (χ0v) is 55.6. The Morgan fingerprint density at radius 2 is 1.46 bits per heavy atom. The number of carbonyl (C=O) groups is 9. The molecule has 0 unspecified atom stereocenters. The Kier molecular flexibility index (Phi) is 27.8. The summed E-state index contributed by atoms with van der Waals surface area (Å²) in [5, 5.41) is 20.9. The summed E-state index contributed by atoms with van der Waals surface area (Å²) in [6.07, 6.45) is -9.99. The van der Waals surface area contributed by atoms with Crippen molar-refractivity contribution in [3.8, 4) is 5.75 Å². The number of nitrogens with zero attached hydrogens (tertiary/aromatic N) is 6. The standard InChI is InChI=1S/C63H90N8O19S/c1-17-34(6)50(46(82-14)29-47(75)71-27-21-24-44(71)52(83-15)35(7)58(77)66-36(8)51(76)40-22-19-18-20-23-40)69(12)60(79)48(32(2)3)67-59(78)49(33(4)5)70(13)63(81)85-31-41-25-26-45(43-28-42(30-65-68-64)91-57(41)43)89-62-56(88-39(11)74)54(87-38(10)73)53(86-37(9)72)55(90-62)61(80)84-16/h18-20,22-23,25-26,28,32-36,44,46,48-56,62,76H,17,21,24,27,29-31H2,1-16H3,(H,66,77)(H,67,78)/t34-,35+,36+,44-,46+,48-,49-,50-,51+,52+,53-,54-,55-,56+,62+/m0/s1. The number of benzene rings is 2. The molecule has 502 valence electrons. The second-order valence-corrected chi connectivity index (χ2v) is 24.8. The molecule has 5 rings (SSSR count). The summed E-state index contributed by atoms with van der Waals surface area (Å²) in [5.41, 5.74) is 10.3. The molecular formula is C63H90N8O19S. The molecule has 0 saturated carbocycles. The molecule has 91 heavy (non-hydrogen) atoms. The highest BCUT2D eigenvalue weighted by atomic mass is 32.1. The summed E-state index contributed by atoms with van der Waals surface area (Å²) in [7, 11) is 7.05. The van der Waals surface area contributed by atoms with Crippen LogP contribution in [0.3, 0.4) is 0 Å². The van der Waals surface area contributed by atoms with E-state index in [9.17, 15) is 53.8 Å². The Bertz CT molecular complexity index is 3070. The van der Waals surface area contributed by atoms with E-state index in [4.69, 9.17) is 42.6 Å². The number of esters is 4. The second kappa shape index (κ2) is 34.2. The number of aliphatic hydroxyl groups is 1. The van der Waals surface area contributed by atoms with Gasteiger partial charge in [0.05, 0.1) is 62.4 Å². The molecule has 2 aliphatic heterocycles. The lowest BCUT2D eigenvalue weighted by Crippen LogP contribution is -2.64. The van der Waals surface area contributed by atoms with Crippen molar-refractivity contribution in [2.45, 2.75) is 194 Å². The van der Waals surface area contributed by atoms with Crippen LogP contribution < -0.4 is 15.4 Å². The number of likely N-dealkylation sites (tertiary alicyclic amines) is 1. The van der Waals surface area contributed by atoms with Crippen LogP contribution in [0.15, 0.2) is 53.6 Å². The number of nitrogens with one attached hydrogen (secondary N) is 2. The van der Waals surface area contributed by atoms with Gasteiger partial charge in [-0.2, -0.15) is 0 Å². The predicted molar refractivity (Wildman–Crippen MR) is 331 cm³/mol. The normalized spacial score (nSPS) is 21.1. The van der Waals surface area contributed by atoms with Crippen LogP contribution in [0.25, 0.3) is 20.5 Å². The number of thiophene rings is 1. The molecule has 0 aliphatic carbocycles. The van der Waals surface area contributed by atoms with E-state index < -0.39 is 139 Å². The van der Waals surface area contributed by atoms with E-state index in [0.717, 1.165) is 44.1 Å². The van der Waals surface area contributed by atoms with Crippen LogP contribution in [0.5, 0.6) is 5.75 Å². The Balaban J connectivity index is 1.33. The van der Waals surface area contributed by atoms with Gasteiger partial charge in [-0.3, -0.25) is 38.5 Å². The molecule has 27 nitrogen and oxygen atoms in total. The molecule has 28 heteroatoms. The minimum atomic E-state index is -1.75. The van der Waals surface area contributed by atoms with E-state index in [2.05, 4.69) is 20.7 Å². The first-order valence-corrected chi connectivity index (χ1v) is 31.2. The molecule has 2 aromatic carbocycles. The first-order chi connectivity index (χ1) is 43.0. The zero-order valence-electron chi connectivity index (χ0n) is 54.8. The van der Waals surface area contributed by atoms with Gasteiger partial charge >= 0.3 is 30.0 Å². The van der Waals surface area contributed by atoms with E-state index in [-0.39, 0.29) is 43.1 Å². The number of aliphatic hydroxyl groups excluding tert-OH is 1. The lowest BCUT2D eigenvalue weighted by atomic mass is 9.89. The van der Waals surface area contributed by atoms with Crippen molar-refractivity contribution in [3.05, 3.63) is 75.0 Å². The number of methoxy groups -OCH3 is 3. The topological polar surface area (TPSA) is 339 Å². The summed E-state index contributed by atoms with van der Waals surface area (Å²) in [6, 6.07) is 9.68. The number of likely N-dealkylation sites (N-methyl/N-ethyl adjacent to an activating group) is 2. The molecule has 1 aromatic heterocycles. The van der Waals surface area contributed by atoms with E-state index in [1.165, 1.54) is 32.2 Å². The van der Waals surface area contributed by atoms with E-state index >= 15 is 0 Å². The highest BCUT2D eigenvalue weighted by Gasteiger charge is 2.56. The fourth-order valence-electron chi connectivity index (χ4n) is 11.8. The summed E-state index contributed by atoms with van der Waals surface area (Å²) in [4.78, 5) is 130. The fraction of sp³-hybridized carbons (Fsp3) is 0.635. The number of azide groups is 1. The molecular weight excluding hydrogens is 1200 g/mol. The third-order valence-corrected chi connectivity index (χ3v) is 17.8. The molecule has 0 bridgehead atoms. The van der Waals surface area contributed by atoms with Gasteiger partial charge in [0.15, 0.2) is 18.3 Å². The first kappa shape index (κ1) is 74.1. The Morgan fingerprint density at radius 3 is 2.03 bits per heavy atom. The highest BCUT2D eigenvalue weighted by molar-refractivity contribution is 7.19. The number of amides is 5. The van der Waals surface area contributed by atoms with Gasteiger partial charge in [-0.1, -0.05) is 96.4 Å². The number of hydrogen-bond donors (Lipinski definition) is 3. The van der Waals surface area contributed by atoms with Crippen molar-refractivity contribution in [2.24, 2.45) is 28.8 Å². The fourth-order valence-corrected chi connectivity index (χ4v) is 12.9. The van der Waals surface area contributed by atoms with Crippen molar-refractivity contribution in [1.82, 2.24) is 25.3 Å². The lowest BCUT2D eigenvalue weighted by Gasteiger charge is -2.43. The van der Waals surface area contributed by atoms with Gasteiger partial charge in [0.25, 0.3) is 0 Å². The van der Waals surface area contributed by atoms with Crippen molar-refractivity contribution in [2.75, 3.05) is 42.0 Å². The average Bonchev–Trinajstić information content (AvgIpc) is 1.74. The smallest absolute Gasteiger partial charge is 0.410 e. The number of ether oxygens (including phenoxy) is 9. The van der Waals surface area contributed by atoms with Crippen LogP contribution in [0.2, 0.25) is 0 Å². The molecule has 5 amide bonds. The lowest BCUT2D eigenvalue weighted by molar-refractivity contribution is -0.282. The molecule has 2 saturated heterocycles. The number of hydrogen-bond acceptors (Lipinski definition) is 21. The number of carbonyl (C=O) groups excluding carboxylic acids is 9. The Labute approximate surface area is 534 Å². The largest absolute Gasteiger partial charge is 0.467 e. The van der Waals surface area contributed by atoms with Crippen LogP contribution in [0.1, 0.15) is 124 Å². The minimum Gasteiger partial charge on any atom is -0.467 e. The summed E-state index contributed by atoms with van der Waals surface area (Å²) in [5.74, 6) is -7.21. The molecule has 0 radical (unpaired) electrons. The van der Waals surface area contributed by atoms with Gasteiger partial charge in [-0.15, -0.1) is 11.3 Å². The summed E-state index contributed by atoms with van der Waals surface area (Å²) in [6.45, 7) is 17.5. The maximum Gasteiger partial charge on any atom is 0.410 e.